The lowest BCUT2D eigenvalue weighted by molar-refractivity contribution is 0.269. The Morgan fingerprint density at radius 3 is 2.67 bits per heavy atom. The second kappa shape index (κ2) is 8.66. The molecule has 0 aliphatic heterocycles. The smallest absolute Gasteiger partial charge is 0.260 e. The number of rotatable bonds is 6. The van der Waals surface area contributed by atoms with Crippen molar-refractivity contribution in [1.82, 2.24) is 0 Å². The van der Waals surface area contributed by atoms with E-state index in [2.05, 4.69) is 25.2 Å². The molecule has 128 valence electrons. The standard InChI is InChI=1S/C19H23NO3S/c1-4-14-10-13(2)8-9-18(14)23-12-16-15(11-21)6-5-7-17(16)20-19(24)22-3/h5-10,21H,4,11-12H2,1-3H3,(H,20,24). The van der Waals surface area contributed by atoms with Gasteiger partial charge in [0.05, 0.1) is 13.7 Å². The van der Waals surface area contributed by atoms with Gasteiger partial charge >= 0.3 is 0 Å². The van der Waals surface area contributed by atoms with E-state index in [-0.39, 0.29) is 11.8 Å². The molecule has 0 atom stereocenters. The molecule has 2 aromatic carbocycles. The van der Waals surface area contributed by atoms with Gasteiger partial charge in [0.15, 0.2) is 0 Å². The fourth-order valence-corrected chi connectivity index (χ4v) is 2.62. The van der Waals surface area contributed by atoms with Gasteiger partial charge in [-0.2, -0.15) is 0 Å². The first kappa shape index (κ1) is 18.2. The van der Waals surface area contributed by atoms with E-state index in [0.717, 1.165) is 29.0 Å². The molecule has 5 heteroatoms. The monoisotopic (exact) mass is 345 g/mol. The minimum absolute atomic E-state index is 0.0670. The van der Waals surface area contributed by atoms with E-state index in [0.29, 0.717) is 6.61 Å². The summed E-state index contributed by atoms with van der Waals surface area (Å²) in [6, 6.07) is 11.8. The van der Waals surface area contributed by atoms with Crippen LogP contribution in [0, 0.1) is 6.92 Å². The molecular weight excluding hydrogens is 322 g/mol. The van der Waals surface area contributed by atoms with Crippen LogP contribution in [-0.2, 0) is 24.4 Å². The molecule has 0 saturated carbocycles. The molecule has 0 unspecified atom stereocenters. The summed E-state index contributed by atoms with van der Waals surface area (Å²) in [5.74, 6) is 0.858. The maximum atomic E-state index is 9.62. The quantitative estimate of drug-likeness (QED) is 0.776. The van der Waals surface area contributed by atoms with Crippen LogP contribution in [0.15, 0.2) is 36.4 Å². The Morgan fingerprint density at radius 1 is 1.21 bits per heavy atom. The molecule has 0 bridgehead atoms. The summed E-state index contributed by atoms with van der Waals surface area (Å²) in [4.78, 5) is 0. The first-order valence-corrected chi connectivity index (χ1v) is 8.28. The van der Waals surface area contributed by atoms with Crippen LogP contribution in [0.5, 0.6) is 5.75 Å². The third kappa shape index (κ3) is 4.46. The molecule has 0 aliphatic rings. The van der Waals surface area contributed by atoms with Gasteiger partial charge in [0, 0.05) is 11.3 Å². The zero-order chi connectivity index (χ0) is 17.5. The van der Waals surface area contributed by atoms with E-state index >= 15 is 0 Å². The van der Waals surface area contributed by atoms with Gasteiger partial charge in [-0.3, -0.25) is 0 Å². The van der Waals surface area contributed by atoms with Gasteiger partial charge < -0.3 is 19.9 Å². The molecule has 0 radical (unpaired) electrons. The molecule has 0 aromatic heterocycles. The van der Waals surface area contributed by atoms with Gasteiger partial charge in [0.1, 0.15) is 12.4 Å². The number of aliphatic hydroxyl groups is 1. The van der Waals surface area contributed by atoms with Crippen molar-refractivity contribution in [3.63, 3.8) is 0 Å². The third-order valence-corrected chi connectivity index (χ3v) is 4.10. The average molecular weight is 345 g/mol. The summed E-state index contributed by atoms with van der Waals surface area (Å²) < 4.78 is 11.0. The highest BCUT2D eigenvalue weighted by Crippen LogP contribution is 2.26. The van der Waals surface area contributed by atoms with Gasteiger partial charge in [-0.15, -0.1) is 0 Å². The highest BCUT2D eigenvalue weighted by atomic mass is 32.1. The molecule has 0 aliphatic carbocycles. The molecule has 0 amide bonds. The van der Waals surface area contributed by atoms with Crippen molar-refractivity contribution >= 4 is 23.1 Å². The molecule has 2 aromatic rings. The van der Waals surface area contributed by atoms with Gasteiger partial charge in [-0.05, 0) is 48.8 Å². The number of benzene rings is 2. The topological polar surface area (TPSA) is 50.7 Å². The average Bonchev–Trinajstić information content (AvgIpc) is 2.60. The van der Waals surface area contributed by atoms with Crippen LogP contribution in [0.4, 0.5) is 5.69 Å². The van der Waals surface area contributed by atoms with Crippen LogP contribution in [0.1, 0.15) is 29.2 Å². The van der Waals surface area contributed by atoms with Crippen molar-refractivity contribution in [2.24, 2.45) is 0 Å². The van der Waals surface area contributed by atoms with Crippen LogP contribution in [-0.4, -0.2) is 17.4 Å². The minimum atomic E-state index is -0.0670. The van der Waals surface area contributed by atoms with Crippen LogP contribution in [0.3, 0.4) is 0 Å². The molecule has 24 heavy (non-hydrogen) atoms. The number of thiocarbonyl (C=S) groups is 1. The first-order chi connectivity index (χ1) is 11.6. The molecule has 0 fully saturated rings. The van der Waals surface area contributed by atoms with Gasteiger partial charge in [-0.25, -0.2) is 0 Å². The molecule has 4 nitrogen and oxygen atoms in total. The van der Waals surface area contributed by atoms with E-state index in [9.17, 15) is 5.11 Å². The third-order valence-electron chi connectivity index (χ3n) is 3.83. The molecule has 2 rings (SSSR count). The number of nitrogens with one attached hydrogen (secondary N) is 1. The lowest BCUT2D eigenvalue weighted by Crippen LogP contribution is -2.14. The van der Waals surface area contributed by atoms with Crippen LogP contribution < -0.4 is 10.1 Å². The lowest BCUT2D eigenvalue weighted by atomic mass is 10.1. The zero-order valence-corrected chi connectivity index (χ0v) is 15.1. The largest absolute Gasteiger partial charge is 0.489 e. The Bertz CT molecular complexity index is 716. The highest BCUT2D eigenvalue weighted by Gasteiger charge is 2.11. The number of ether oxygens (including phenoxy) is 2. The molecular formula is C19H23NO3S. The molecule has 2 N–H and O–H groups in total. The van der Waals surface area contributed by atoms with E-state index in [1.807, 2.05) is 30.3 Å². The van der Waals surface area contributed by atoms with Crippen molar-refractivity contribution in [3.8, 4) is 5.75 Å². The van der Waals surface area contributed by atoms with E-state index in [4.69, 9.17) is 21.7 Å². The van der Waals surface area contributed by atoms with Gasteiger partial charge in [-0.1, -0.05) is 36.8 Å². The summed E-state index contributed by atoms with van der Waals surface area (Å²) in [5.41, 5.74) is 4.81. The molecule has 0 spiro atoms. The van der Waals surface area contributed by atoms with Crippen molar-refractivity contribution in [1.29, 1.82) is 0 Å². The summed E-state index contributed by atoms with van der Waals surface area (Å²) in [6.45, 7) is 4.44. The summed E-state index contributed by atoms with van der Waals surface area (Å²) in [7, 11) is 1.52. The van der Waals surface area contributed by atoms with Crippen LogP contribution in [0.25, 0.3) is 0 Å². The van der Waals surface area contributed by atoms with E-state index < -0.39 is 0 Å². The van der Waals surface area contributed by atoms with Crippen molar-refractivity contribution < 1.29 is 14.6 Å². The predicted octanol–water partition coefficient (Wildman–Crippen LogP) is 3.97. The van der Waals surface area contributed by atoms with Crippen LogP contribution in [0.2, 0.25) is 0 Å². The number of methoxy groups -OCH3 is 1. The second-order valence-electron chi connectivity index (χ2n) is 5.47. The van der Waals surface area contributed by atoms with Crippen LogP contribution >= 0.6 is 12.2 Å². The second-order valence-corrected chi connectivity index (χ2v) is 5.84. The number of hydrogen-bond acceptors (Lipinski definition) is 4. The number of hydrogen-bond donors (Lipinski definition) is 2. The molecule has 0 heterocycles. The van der Waals surface area contributed by atoms with E-state index in [1.165, 1.54) is 18.2 Å². The maximum Gasteiger partial charge on any atom is 0.260 e. The number of aliphatic hydroxyl groups excluding tert-OH is 1. The fraction of sp³-hybridized carbons (Fsp3) is 0.316. The first-order valence-electron chi connectivity index (χ1n) is 7.88. The Kier molecular flexibility index (Phi) is 6.58. The Balaban J connectivity index is 2.26. The van der Waals surface area contributed by atoms with E-state index in [1.54, 1.807) is 0 Å². The van der Waals surface area contributed by atoms with Crippen molar-refractivity contribution in [3.05, 3.63) is 58.7 Å². The Morgan fingerprint density at radius 2 is 2.00 bits per heavy atom. The zero-order valence-electron chi connectivity index (χ0n) is 14.3. The van der Waals surface area contributed by atoms with Crippen molar-refractivity contribution in [2.45, 2.75) is 33.5 Å². The lowest BCUT2D eigenvalue weighted by Gasteiger charge is -2.17. The Hall–Kier alpha value is -2.11. The van der Waals surface area contributed by atoms with Gasteiger partial charge in [0.2, 0.25) is 0 Å². The maximum absolute atomic E-state index is 9.62. The summed E-state index contributed by atoms with van der Waals surface area (Å²) >= 11 is 5.07. The SMILES string of the molecule is CCc1cc(C)ccc1OCc1c(CO)cccc1NC(=S)OC. The number of anilines is 1. The normalized spacial score (nSPS) is 10.3. The molecule has 0 saturated heterocycles. The minimum Gasteiger partial charge on any atom is -0.489 e. The number of aryl methyl sites for hydroxylation is 2. The fourth-order valence-electron chi connectivity index (χ4n) is 2.51. The summed E-state index contributed by atoms with van der Waals surface area (Å²) in [6.07, 6.45) is 0.900. The highest BCUT2D eigenvalue weighted by molar-refractivity contribution is 7.80. The van der Waals surface area contributed by atoms with Crippen molar-refractivity contribution in [2.75, 3.05) is 12.4 Å². The van der Waals surface area contributed by atoms with Gasteiger partial charge in [0.25, 0.3) is 5.17 Å². The Labute approximate surface area is 148 Å². The summed E-state index contributed by atoms with van der Waals surface area (Å²) in [5, 5.41) is 12.9. The predicted molar refractivity (Wildman–Crippen MR) is 100 cm³/mol.